The summed E-state index contributed by atoms with van der Waals surface area (Å²) in [5.41, 5.74) is -0.366. The SMILES string of the molecule is COc1cc(/C=C/C(=O)OCCON(O)O)ccc1OC(=O)C(C)NC(=O)CCC/C=C\C[C@@H]1[C@@H](/C=C/[C@@H](O)COc2cccc(C(F)(F)F)c2)[C@H](O)C[C@@H]1O. The van der Waals surface area contributed by atoms with Gasteiger partial charge in [0.15, 0.2) is 11.5 Å². The van der Waals surface area contributed by atoms with E-state index >= 15 is 0 Å². The number of ether oxygens (including phenoxy) is 4. The van der Waals surface area contributed by atoms with Gasteiger partial charge < -0.3 is 39.6 Å². The first-order valence-electron chi connectivity index (χ1n) is 17.6. The van der Waals surface area contributed by atoms with Gasteiger partial charge in [-0.15, -0.1) is 0 Å². The van der Waals surface area contributed by atoms with Crippen LogP contribution < -0.4 is 19.5 Å². The van der Waals surface area contributed by atoms with E-state index in [-0.39, 0.29) is 61.7 Å². The third-order valence-electron chi connectivity index (χ3n) is 8.48. The molecule has 0 heterocycles. The topological polar surface area (TPSA) is 214 Å². The molecule has 6 atom stereocenters. The quantitative estimate of drug-likeness (QED) is 0.0262. The fourth-order valence-electron chi connectivity index (χ4n) is 5.63. The normalized spacial score (nSPS) is 19.8. The molecule has 0 saturated heterocycles. The first-order chi connectivity index (χ1) is 26.6. The Morgan fingerprint density at radius 1 is 1.04 bits per heavy atom. The number of carbonyl (C=O) groups is 3. The Hall–Kier alpha value is -4.82. The number of unbranched alkanes of at least 4 members (excludes halogenated alkanes) is 1. The van der Waals surface area contributed by atoms with Crippen molar-refractivity contribution in [2.45, 2.75) is 69.6 Å². The molecule has 1 saturated carbocycles. The van der Waals surface area contributed by atoms with E-state index in [0.29, 0.717) is 24.8 Å². The number of amides is 1. The van der Waals surface area contributed by atoms with Gasteiger partial charge in [-0.1, -0.05) is 36.4 Å². The molecule has 2 aromatic rings. The third-order valence-corrected chi connectivity index (χ3v) is 8.48. The van der Waals surface area contributed by atoms with Crippen LogP contribution in [0.15, 0.2) is 72.8 Å². The number of allylic oxidation sites excluding steroid dienone is 2. The van der Waals surface area contributed by atoms with Crippen molar-refractivity contribution >= 4 is 23.9 Å². The molecule has 0 aliphatic heterocycles. The average Bonchev–Trinajstić information content (AvgIpc) is 3.42. The van der Waals surface area contributed by atoms with Crippen LogP contribution in [0.5, 0.6) is 17.2 Å². The summed E-state index contributed by atoms with van der Waals surface area (Å²) in [6.07, 6.45) is 3.42. The van der Waals surface area contributed by atoms with Gasteiger partial charge in [0.05, 0.1) is 30.3 Å². The maximum Gasteiger partial charge on any atom is 0.416 e. The van der Waals surface area contributed by atoms with Gasteiger partial charge in [0.1, 0.15) is 37.7 Å². The lowest BCUT2D eigenvalue weighted by atomic mass is 9.89. The molecular formula is C38H47F3N2O13. The number of rotatable bonds is 21. The third kappa shape index (κ3) is 15.7. The Balaban J connectivity index is 1.39. The summed E-state index contributed by atoms with van der Waals surface area (Å²) in [5.74, 6) is -2.49. The Morgan fingerprint density at radius 3 is 2.52 bits per heavy atom. The van der Waals surface area contributed by atoms with Crippen LogP contribution in [0.4, 0.5) is 13.2 Å². The smallest absolute Gasteiger partial charge is 0.416 e. The van der Waals surface area contributed by atoms with Crippen LogP contribution in [-0.4, -0.2) is 100 Å². The van der Waals surface area contributed by atoms with Gasteiger partial charge in [-0.2, -0.15) is 13.2 Å². The highest BCUT2D eigenvalue weighted by Crippen LogP contribution is 2.36. The van der Waals surface area contributed by atoms with Gasteiger partial charge in [0, 0.05) is 24.8 Å². The number of hydrogen-bond donors (Lipinski definition) is 6. The summed E-state index contributed by atoms with van der Waals surface area (Å²) in [6, 6.07) is 7.81. The molecule has 0 spiro atoms. The molecule has 0 radical (unpaired) electrons. The van der Waals surface area contributed by atoms with Gasteiger partial charge in [-0.25, -0.2) is 14.4 Å². The van der Waals surface area contributed by atoms with Gasteiger partial charge >= 0.3 is 18.1 Å². The summed E-state index contributed by atoms with van der Waals surface area (Å²) < 4.78 is 59.7. The number of halogens is 3. The molecular weight excluding hydrogens is 749 g/mol. The van der Waals surface area contributed by atoms with Crippen molar-refractivity contribution in [2.24, 2.45) is 11.8 Å². The number of methoxy groups -OCH3 is 1. The highest BCUT2D eigenvalue weighted by atomic mass is 19.4. The number of alkyl halides is 3. The minimum atomic E-state index is -4.53. The molecule has 1 fully saturated rings. The summed E-state index contributed by atoms with van der Waals surface area (Å²) in [6.45, 7) is 0.630. The first kappa shape index (κ1) is 45.6. The summed E-state index contributed by atoms with van der Waals surface area (Å²) in [4.78, 5) is 41.3. The van der Waals surface area contributed by atoms with Gasteiger partial charge in [-0.3, -0.25) is 15.2 Å². The maximum atomic E-state index is 12.9. The number of esters is 2. The second-order valence-corrected chi connectivity index (χ2v) is 12.7. The molecule has 15 nitrogen and oxygen atoms in total. The minimum Gasteiger partial charge on any atom is -0.493 e. The van der Waals surface area contributed by atoms with Gasteiger partial charge in [0.2, 0.25) is 5.91 Å². The number of aliphatic hydroxyl groups excluding tert-OH is 3. The van der Waals surface area contributed by atoms with Crippen molar-refractivity contribution in [2.75, 3.05) is 26.9 Å². The minimum absolute atomic E-state index is 0.0530. The number of carbonyl (C=O) groups excluding carboxylic acids is 3. The Labute approximate surface area is 321 Å². The summed E-state index contributed by atoms with van der Waals surface area (Å²) in [5, 5.41) is 50.3. The van der Waals surface area contributed by atoms with Gasteiger partial charge in [0.25, 0.3) is 0 Å². The predicted molar refractivity (Wildman–Crippen MR) is 191 cm³/mol. The highest BCUT2D eigenvalue weighted by molar-refractivity contribution is 5.87. The number of hydrogen-bond acceptors (Lipinski definition) is 14. The number of nitrogens with one attached hydrogen (secondary N) is 1. The molecule has 1 amide bonds. The van der Waals surface area contributed by atoms with E-state index in [4.69, 9.17) is 29.4 Å². The van der Waals surface area contributed by atoms with Crippen LogP contribution in [-0.2, 0) is 30.1 Å². The van der Waals surface area contributed by atoms with E-state index in [1.165, 1.54) is 50.5 Å². The van der Waals surface area contributed by atoms with Crippen LogP contribution >= 0.6 is 0 Å². The van der Waals surface area contributed by atoms with Crippen LogP contribution in [0.1, 0.15) is 50.2 Å². The Bertz CT molecular complexity index is 1670. The van der Waals surface area contributed by atoms with Crippen LogP contribution in [0.25, 0.3) is 6.08 Å². The van der Waals surface area contributed by atoms with Crippen LogP contribution in [0, 0.1) is 11.8 Å². The van der Waals surface area contributed by atoms with Crippen molar-refractivity contribution in [1.82, 2.24) is 10.7 Å². The van der Waals surface area contributed by atoms with E-state index in [9.17, 15) is 42.9 Å². The lowest BCUT2D eigenvalue weighted by molar-refractivity contribution is -0.493. The van der Waals surface area contributed by atoms with E-state index in [1.807, 2.05) is 12.2 Å². The zero-order valence-electron chi connectivity index (χ0n) is 30.7. The summed E-state index contributed by atoms with van der Waals surface area (Å²) >= 11 is 0. The largest absolute Gasteiger partial charge is 0.493 e. The first-order valence-corrected chi connectivity index (χ1v) is 17.6. The average molecular weight is 797 g/mol. The van der Waals surface area contributed by atoms with Crippen molar-refractivity contribution in [1.29, 1.82) is 0 Å². The van der Waals surface area contributed by atoms with Crippen molar-refractivity contribution in [3.63, 3.8) is 0 Å². The van der Waals surface area contributed by atoms with E-state index < -0.39 is 59.3 Å². The molecule has 308 valence electrons. The number of benzene rings is 2. The zero-order valence-corrected chi connectivity index (χ0v) is 30.7. The molecule has 0 bridgehead atoms. The molecule has 1 unspecified atom stereocenters. The molecule has 1 aliphatic rings. The Kier molecular flexibility index (Phi) is 18.4. The second-order valence-electron chi connectivity index (χ2n) is 12.7. The van der Waals surface area contributed by atoms with Crippen molar-refractivity contribution < 1.29 is 77.1 Å². The molecule has 3 rings (SSSR count). The van der Waals surface area contributed by atoms with Crippen LogP contribution in [0.2, 0.25) is 0 Å². The fourth-order valence-corrected chi connectivity index (χ4v) is 5.63. The van der Waals surface area contributed by atoms with Crippen LogP contribution in [0.3, 0.4) is 0 Å². The lowest BCUT2D eigenvalue weighted by Gasteiger charge is -2.19. The maximum absolute atomic E-state index is 12.9. The van der Waals surface area contributed by atoms with Crippen molar-refractivity contribution in [3.05, 3.63) is 84.0 Å². The monoisotopic (exact) mass is 796 g/mol. The second kappa shape index (κ2) is 22.7. The predicted octanol–water partition coefficient (Wildman–Crippen LogP) is 4.16. The summed E-state index contributed by atoms with van der Waals surface area (Å²) in [7, 11) is 1.36. The molecule has 56 heavy (non-hydrogen) atoms. The lowest BCUT2D eigenvalue weighted by Crippen LogP contribution is -2.40. The fraction of sp³-hybridized carbons (Fsp3) is 0.447. The molecule has 0 aromatic heterocycles. The van der Waals surface area contributed by atoms with E-state index in [1.54, 1.807) is 12.1 Å². The highest BCUT2D eigenvalue weighted by Gasteiger charge is 2.39. The standard InChI is InChI=1S/C38H47F3N2O13/c1-24(37(49)56-33-16-12-25(20-34(33)52-2)13-17-36(48)53-18-19-55-43(50)51)42-35(47)11-6-4-3-5-10-29-30(32(46)22-31(29)45)15-14-27(44)23-54-28-9-7-8-26(21-28)38(39,40)41/h3,5,7-9,12-17,20-21,24,27,29-32,44-46,50-51H,4,6,10-11,18-19,22-23H2,1-2H3,(H,42,47)/b5-3-,15-14+,17-13+/t24?,27-,29-,30-,31+,32-/m1/s1. The molecule has 18 heteroatoms. The van der Waals surface area contributed by atoms with E-state index in [2.05, 4.69) is 10.2 Å². The Morgan fingerprint density at radius 2 is 1.80 bits per heavy atom. The number of aliphatic hydroxyl groups is 3. The van der Waals surface area contributed by atoms with Gasteiger partial charge in [-0.05, 0) is 74.1 Å². The zero-order chi connectivity index (χ0) is 41.3. The van der Waals surface area contributed by atoms with E-state index in [0.717, 1.165) is 18.2 Å². The molecule has 2 aromatic carbocycles. The molecule has 6 N–H and O–H groups in total. The van der Waals surface area contributed by atoms with Crippen molar-refractivity contribution in [3.8, 4) is 17.2 Å². The molecule has 1 aliphatic carbocycles. The number of nitrogens with zero attached hydrogens (tertiary/aromatic N) is 1.